The van der Waals surface area contributed by atoms with Crippen molar-refractivity contribution in [3.8, 4) is 6.07 Å². The molecule has 6 nitrogen and oxygen atoms in total. The Labute approximate surface area is 149 Å². The van der Waals surface area contributed by atoms with Crippen LogP contribution < -0.4 is 10.6 Å². The van der Waals surface area contributed by atoms with Gasteiger partial charge in [0.1, 0.15) is 12.1 Å². The van der Waals surface area contributed by atoms with Crippen molar-refractivity contribution >= 4 is 35.1 Å². The van der Waals surface area contributed by atoms with Gasteiger partial charge >= 0.3 is 5.97 Å². The molecule has 0 spiro atoms. The molecule has 0 bridgehead atoms. The first-order valence-corrected chi connectivity index (χ1v) is 7.91. The molecule has 0 aromatic heterocycles. The van der Waals surface area contributed by atoms with Gasteiger partial charge in [-0.3, -0.25) is 4.79 Å². The summed E-state index contributed by atoms with van der Waals surface area (Å²) in [6.45, 7) is 0.258. The summed E-state index contributed by atoms with van der Waals surface area (Å²) < 4.78 is 4.55. The third-order valence-corrected chi connectivity index (χ3v) is 4.21. The molecule has 1 saturated heterocycles. The number of nitrogens with one attached hydrogen (secondary N) is 2. The molecule has 24 heavy (non-hydrogen) atoms. The van der Waals surface area contributed by atoms with E-state index >= 15 is 0 Å². The number of methoxy groups -OCH3 is 1. The van der Waals surface area contributed by atoms with Gasteiger partial charge in [-0.2, -0.15) is 5.26 Å². The predicted octanol–water partition coefficient (Wildman–Crippen LogP) is 2.31. The van der Waals surface area contributed by atoms with Gasteiger partial charge in [-0.15, -0.1) is 0 Å². The number of allylic oxidation sites excluding steroid dienone is 1. The number of esters is 1. The van der Waals surface area contributed by atoms with Crippen LogP contribution in [0.2, 0.25) is 10.0 Å². The smallest absolute Gasteiger partial charge is 0.350 e. The van der Waals surface area contributed by atoms with E-state index in [2.05, 4.69) is 15.4 Å². The summed E-state index contributed by atoms with van der Waals surface area (Å²) in [7, 11) is 1.20. The fraction of sp³-hybridized carbons (Fsp3) is 0.312. The van der Waals surface area contributed by atoms with Crippen LogP contribution >= 0.6 is 23.2 Å². The zero-order valence-electron chi connectivity index (χ0n) is 12.9. The first-order valence-electron chi connectivity index (χ1n) is 7.16. The maximum absolute atomic E-state index is 12.2. The predicted molar refractivity (Wildman–Crippen MR) is 89.1 cm³/mol. The highest BCUT2D eigenvalue weighted by Crippen LogP contribution is 2.22. The normalized spacial score (nSPS) is 18.3. The topological polar surface area (TPSA) is 91.2 Å². The third-order valence-electron chi connectivity index (χ3n) is 3.62. The SMILES string of the molecule is COC(=O)/C(C#N)=C1/CCC(C(=O)NCc2ccc(Cl)cc2Cl)N1. The molecule has 0 aliphatic carbocycles. The van der Waals surface area contributed by atoms with Crippen LogP contribution in [0.1, 0.15) is 18.4 Å². The number of hydrogen-bond acceptors (Lipinski definition) is 5. The van der Waals surface area contributed by atoms with E-state index in [-0.39, 0.29) is 18.0 Å². The lowest BCUT2D eigenvalue weighted by Crippen LogP contribution is -2.40. The molecule has 2 N–H and O–H groups in total. The largest absolute Gasteiger partial charge is 0.465 e. The van der Waals surface area contributed by atoms with Gasteiger partial charge in [0.25, 0.3) is 0 Å². The Bertz CT molecular complexity index is 741. The van der Waals surface area contributed by atoms with Gasteiger partial charge in [0.15, 0.2) is 5.57 Å². The second-order valence-corrected chi connectivity index (χ2v) is 5.99. The Morgan fingerprint density at radius 1 is 1.46 bits per heavy atom. The second kappa shape index (κ2) is 8.04. The summed E-state index contributed by atoms with van der Waals surface area (Å²) in [6.07, 6.45) is 0.912. The fourth-order valence-electron chi connectivity index (χ4n) is 2.35. The number of halogens is 2. The monoisotopic (exact) mass is 367 g/mol. The zero-order chi connectivity index (χ0) is 17.7. The van der Waals surface area contributed by atoms with Crippen LogP contribution in [-0.2, 0) is 20.9 Å². The Hall–Kier alpha value is -2.23. The maximum atomic E-state index is 12.2. The summed E-state index contributed by atoms with van der Waals surface area (Å²) in [5.74, 6) is -0.952. The molecule has 1 aliphatic heterocycles. The van der Waals surface area contributed by atoms with Crippen molar-refractivity contribution < 1.29 is 14.3 Å². The van der Waals surface area contributed by atoms with Gasteiger partial charge in [-0.1, -0.05) is 29.3 Å². The quantitative estimate of drug-likeness (QED) is 0.484. The first-order chi connectivity index (χ1) is 11.5. The number of carbonyl (C=O) groups is 2. The van der Waals surface area contributed by atoms with Gasteiger partial charge in [0, 0.05) is 22.3 Å². The molecule has 1 fully saturated rings. The Morgan fingerprint density at radius 3 is 2.83 bits per heavy atom. The lowest BCUT2D eigenvalue weighted by atomic mass is 10.1. The summed E-state index contributed by atoms with van der Waals surface area (Å²) in [5, 5.41) is 15.7. The molecule has 2 rings (SSSR count). The van der Waals surface area contributed by atoms with E-state index in [0.29, 0.717) is 28.6 Å². The molecule has 8 heteroatoms. The van der Waals surface area contributed by atoms with E-state index in [9.17, 15) is 9.59 Å². The number of amides is 1. The maximum Gasteiger partial charge on any atom is 0.350 e. The van der Waals surface area contributed by atoms with Crippen LogP contribution in [0.4, 0.5) is 0 Å². The van der Waals surface area contributed by atoms with E-state index < -0.39 is 12.0 Å². The fourth-order valence-corrected chi connectivity index (χ4v) is 2.82. The molecule has 0 radical (unpaired) electrons. The highest BCUT2D eigenvalue weighted by molar-refractivity contribution is 6.35. The summed E-state index contributed by atoms with van der Waals surface area (Å²) in [6, 6.07) is 6.33. The standard InChI is InChI=1S/C16H15Cl2N3O3/c1-24-16(23)11(7-19)13-4-5-14(21-13)15(22)20-8-9-2-3-10(17)6-12(9)18/h2-3,6,14,21H,4-5,8H2,1H3,(H,20,22)/b13-11-. The van der Waals surface area contributed by atoms with E-state index in [0.717, 1.165) is 5.56 Å². The molecular formula is C16H15Cl2N3O3. The Morgan fingerprint density at radius 2 is 2.21 bits per heavy atom. The molecule has 1 aromatic rings. The van der Waals surface area contributed by atoms with Crippen LogP contribution in [-0.4, -0.2) is 25.0 Å². The lowest BCUT2D eigenvalue weighted by molar-refractivity contribution is -0.135. The van der Waals surface area contributed by atoms with E-state index in [4.69, 9.17) is 28.5 Å². The number of hydrogen-bond donors (Lipinski definition) is 2. The highest BCUT2D eigenvalue weighted by Gasteiger charge is 2.29. The number of ether oxygens (including phenoxy) is 1. The molecule has 0 saturated carbocycles. The van der Waals surface area contributed by atoms with Crippen LogP contribution in [0.5, 0.6) is 0 Å². The Balaban J connectivity index is 1.98. The molecule has 1 aliphatic rings. The molecule has 1 unspecified atom stereocenters. The van der Waals surface area contributed by atoms with Gasteiger partial charge < -0.3 is 15.4 Å². The van der Waals surface area contributed by atoms with E-state index in [1.807, 2.05) is 0 Å². The minimum absolute atomic E-state index is 0.103. The van der Waals surface area contributed by atoms with Gasteiger partial charge in [0.2, 0.25) is 5.91 Å². The van der Waals surface area contributed by atoms with Gasteiger partial charge in [0.05, 0.1) is 7.11 Å². The highest BCUT2D eigenvalue weighted by atomic mass is 35.5. The molecule has 126 valence electrons. The number of rotatable bonds is 4. The lowest BCUT2D eigenvalue weighted by Gasteiger charge is -2.13. The number of benzene rings is 1. The first kappa shape index (κ1) is 18.1. The molecular weight excluding hydrogens is 353 g/mol. The van der Waals surface area contributed by atoms with Crippen molar-refractivity contribution in [1.29, 1.82) is 5.26 Å². The second-order valence-electron chi connectivity index (χ2n) is 5.15. The number of nitrogens with zero attached hydrogens (tertiary/aromatic N) is 1. The van der Waals surface area contributed by atoms with E-state index in [1.54, 1.807) is 24.3 Å². The van der Waals surface area contributed by atoms with Crippen molar-refractivity contribution in [2.75, 3.05) is 7.11 Å². The van der Waals surface area contributed by atoms with Crippen molar-refractivity contribution in [1.82, 2.24) is 10.6 Å². The van der Waals surface area contributed by atoms with Crippen molar-refractivity contribution in [3.63, 3.8) is 0 Å². The summed E-state index contributed by atoms with van der Waals surface area (Å²) in [5.41, 5.74) is 1.07. The van der Waals surface area contributed by atoms with Crippen LogP contribution in [0, 0.1) is 11.3 Å². The Kier molecular flexibility index (Phi) is 6.07. The van der Waals surface area contributed by atoms with Gasteiger partial charge in [-0.25, -0.2) is 4.79 Å². The van der Waals surface area contributed by atoms with Crippen LogP contribution in [0.15, 0.2) is 29.5 Å². The van der Waals surface area contributed by atoms with Crippen molar-refractivity contribution in [2.24, 2.45) is 0 Å². The van der Waals surface area contributed by atoms with Gasteiger partial charge in [-0.05, 0) is 30.5 Å². The molecule has 1 aromatic carbocycles. The van der Waals surface area contributed by atoms with Crippen molar-refractivity contribution in [3.05, 3.63) is 45.1 Å². The van der Waals surface area contributed by atoms with Crippen LogP contribution in [0.3, 0.4) is 0 Å². The molecule has 1 amide bonds. The summed E-state index contributed by atoms with van der Waals surface area (Å²) in [4.78, 5) is 23.7. The zero-order valence-corrected chi connectivity index (χ0v) is 14.4. The van der Waals surface area contributed by atoms with Crippen molar-refractivity contribution in [2.45, 2.75) is 25.4 Å². The average Bonchev–Trinajstić information content (AvgIpc) is 3.04. The third kappa shape index (κ3) is 4.19. The minimum atomic E-state index is -0.714. The van der Waals surface area contributed by atoms with E-state index in [1.165, 1.54) is 7.11 Å². The molecule has 1 heterocycles. The minimum Gasteiger partial charge on any atom is -0.465 e. The average molecular weight is 368 g/mol. The number of carbonyl (C=O) groups excluding carboxylic acids is 2. The van der Waals surface area contributed by atoms with Crippen LogP contribution in [0.25, 0.3) is 0 Å². The number of nitriles is 1. The molecule has 1 atom stereocenters. The summed E-state index contributed by atoms with van der Waals surface area (Å²) >= 11 is 11.9.